The minimum absolute atomic E-state index is 0.501. The molecule has 2 rings (SSSR count). The van der Waals surface area contributed by atoms with Crippen LogP contribution in [0.2, 0.25) is 5.02 Å². The van der Waals surface area contributed by atoms with Crippen LogP contribution in [-0.4, -0.2) is 31.6 Å². The molecule has 1 N–H and O–H groups in total. The number of likely N-dealkylation sites (N-methyl/N-ethyl adjacent to an activating group) is 1. The van der Waals surface area contributed by atoms with E-state index in [0.29, 0.717) is 6.04 Å². The van der Waals surface area contributed by atoms with Crippen molar-refractivity contribution >= 4 is 11.6 Å². The van der Waals surface area contributed by atoms with E-state index in [9.17, 15) is 0 Å². The van der Waals surface area contributed by atoms with Gasteiger partial charge in [0.15, 0.2) is 0 Å². The third kappa shape index (κ3) is 2.51. The Balaban J connectivity index is 2.12. The molecule has 0 amide bonds. The second kappa shape index (κ2) is 4.97. The summed E-state index contributed by atoms with van der Waals surface area (Å²) in [6, 6.07) is 8.70. The minimum atomic E-state index is 0.501. The van der Waals surface area contributed by atoms with Crippen LogP contribution >= 0.6 is 11.6 Å². The molecule has 1 fully saturated rings. The topological polar surface area (TPSA) is 15.3 Å². The van der Waals surface area contributed by atoms with Crippen LogP contribution in [0.5, 0.6) is 0 Å². The fraction of sp³-hybridized carbons (Fsp3) is 0.500. The SMILES string of the molecule is CNCC(c1ccc(Cl)cc1)N1CCC1. The smallest absolute Gasteiger partial charge is 0.0472 e. The summed E-state index contributed by atoms with van der Waals surface area (Å²) < 4.78 is 0. The van der Waals surface area contributed by atoms with Gasteiger partial charge < -0.3 is 5.32 Å². The van der Waals surface area contributed by atoms with Crippen molar-refractivity contribution in [3.63, 3.8) is 0 Å². The number of likely N-dealkylation sites (tertiary alicyclic amines) is 1. The van der Waals surface area contributed by atoms with Gasteiger partial charge in [0.25, 0.3) is 0 Å². The predicted molar refractivity (Wildman–Crippen MR) is 64.3 cm³/mol. The lowest BCUT2D eigenvalue weighted by Gasteiger charge is -2.38. The van der Waals surface area contributed by atoms with Gasteiger partial charge in [0.05, 0.1) is 0 Å². The van der Waals surface area contributed by atoms with Crippen molar-refractivity contribution < 1.29 is 0 Å². The van der Waals surface area contributed by atoms with E-state index in [4.69, 9.17) is 11.6 Å². The Morgan fingerprint density at radius 2 is 2.00 bits per heavy atom. The van der Waals surface area contributed by atoms with Gasteiger partial charge in [-0.15, -0.1) is 0 Å². The van der Waals surface area contributed by atoms with E-state index in [2.05, 4.69) is 22.3 Å². The van der Waals surface area contributed by atoms with Gasteiger partial charge in [-0.1, -0.05) is 23.7 Å². The number of hydrogen-bond acceptors (Lipinski definition) is 2. The first kappa shape index (κ1) is 10.9. The lowest BCUT2D eigenvalue weighted by atomic mass is 10.0. The van der Waals surface area contributed by atoms with Crippen LogP contribution < -0.4 is 5.32 Å². The summed E-state index contributed by atoms with van der Waals surface area (Å²) in [7, 11) is 2.00. The number of hydrogen-bond donors (Lipinski definition) is 1. The molecular formula is C12H17ClN2. The molecule has 0 bridgehead atoms. The highest BCUT2D eigenvalue weighted by molar-refractivity contribution is 6.30. The van der Waals surface area contributed by atoms with Gasteiger partial charge >= 0.3 is 0 Å². The molecule has 1 atom stereocenters. The summed E-state index contributed by atoms with van der Waals surface area (Å²) in [6.07, 6.45) is 1.33. The first-order valence-electron chi connectivity index (χ1n) is 5.45. The first-order valence-corrected chi connectivity index (χ1v) is 5.83. The van der Waals surface area contributed by atoms with E-state index >= 15 is 0 Å². The van der Waals surface area contributed by atoms with E-state index in [1.807, 2.05) is 19.2 Å². The lowest BCUT2D eigenvalue weighted by molar-refractivity contribution is 0.117. The maximum absolute atomic E-state index is 5.89. The molecule has 1 aromatic carbocycles. The number of nitrogens with zero attached hydrogens (tertiary/aromatic N) is 1. The van der Waals surface area contributed by atoms with Gasteiger partial charge in [0, 0.05) is 30.7 Å². The molecule has 3 heteroatoms. The predicted octanol–water partition coefficient (Wildman–Crippen LogP) is 2.31. The normalized spacial score (nSPS) is 18.5. The fourth-order valence-electron chi connectivity index (χ4n) is 1.99. The van der Waals surface area contributed by atoms with Crippen molar-refractivity contribution in [2.45, 2.75) is 12.5 Å². The number of nitrogens with one attached hydrogen (secondary N) is 1. The lowest BCUT2D eigenvalue weighted by Crippen LogP contribution is -2.43. The van der Waals surface area contributed by atoms with Gasteiger partial charge in [-0.25, -0.2) is 0 Å². The molecule has 0 saturated carbocycles. The highest BCUT2D eigenvalue weighted by Gasteiger charge is 2.24. The van der Waals surface area contributed by atoms with Crippen molar-refractivity contribution in [1.82, 2.24) is 10.2 Å². The Morgan fingerprint density at radius 3 is 2.47 bits per heavy atom. The Morgan fingerprint density at radius 1 is 1.33 bits per heavy atom. The van der Waals surface area contributed by atoms with Crippen LogP contribution in [0.15, 0.2) is 24.3 Å². The third-order valence-electron chi connectivity index (χ3n) is 2.98. The molecule has 1 aliphatic rings. The van der Waals surface area contributed by atoms with Crippen LogP contribution in [0.3, 0.4) is 0 Å². The summed E-state index contributed by atoms with van der Waals surface area (Å²) in [5.74, 6) is 0. The van der Waals surface area contributed by atoms with Crippen LogP contribution in [0, 0.1) is 0 Å². The third-order valence-corrected chi connectivity index (χ3v) is 3.24. The average molecular weight is 225 g/mol. The van der Waals surface area contributed by atoms with Crippen molar-refractivity contribution in [3.8, 4) is 0 Å². The van der Waals surface area contributed by atoms with Gasteiger partial charge in [0.2, 0.25) is 0 Å². The Hall–Kier alpha value is -0.570. The van der Waals surface area contributed by atoms with Gasteiger partial charge in [-0.05, 0) is 31.2 Å². The molecule has 0 aliphatic carbocycles. The van der Waals surface area contributed by atoms with Crippen molar-refractivity contribution in [2.75, 3.05) is 26.7 Å². The quantitative estimate of drug-likeness (QED) is 0.845. The summed E-state index contributed by atoms with van der Waals surface area (Å²) in [4.78, 5) is 2.50. The summed E-state index contributed by atoms with van der Waals surface area (Å²) in [6.45, 7) is 3.44. The minimum Gasteiger partial charge on any atom is -0.318 e. The van der Waals surface area contributed by atoms with Gasteiger partial charge in [-0.3, -0.25) is 4.90 Å². The molecule has 15 heavy (non-hydrogen) atoms. The first-order chi connectivity index (χ1) is 7.31. The molecule has 1 unspecified atom stereocenters. The fourth-order valence-corrected chi connectivity index (χ4v) is 2.11. The van der Waals surface area contributed by atoms with Crippen LogP contribution in [-0.2, 0) is 0 Å². The van der Waals surface area contributed by atoms with Gasteiger partial charge in [-0.2, -0.15) is 0 Å². The number of rotatable bonds is 4. The average Bonchev–Trinajstić information content (AvgIpc) is 2.16. The van der Waals surface area contributed by atoms with Crippen LogP contribution in [0.1, 0.15) is 18.0 Å². The van der Waals surface area contributed by atoms with E-state index < -0.39 is 0 Å². The molecule has 1 heterocycles. The zero-order valence-corrected chi connectivity index (χ0v) is 9.80. The van der Waals surface area contributed by atoms with Crippen molar-refractivity contribution in [3.05, 3.63) is 34.9 Å². The largest absolute Gasteiger partial charge is 0.318 e. The van der Waals surface area contributed by atoms with Crippen molar-refractivity contribution in [1.29, 1.82) is 0 Å². The van der Waals surface area contributed by atoms with E-state index in [0.717, 1.165) is 11.6 Å². The Bertz CT molecular complexity index is 306. The molecule has 0 spiro atoms. The van der Waals surface area contributed by atoms with E-state index in [1.165, 1.54) is 25.1 Å². The zero-order valence-electron chi connectivity index (χ0n) is 9.04. The van der Waals surface area contributed by atoms with E-state index in [1.54, 1.807) is 0 Å². The van der Waals surface area contributed by atoms with E-state index in [-0.39, 0.29) is 0 Å². The maximum atomic E-state index is 5.89. The second-order valence-corrected chi connectivity index (χ2v) is 4.45. The monoisotopic (exact) mass is 224 g/mol. The second-order valence-electron chi connectivity index (χ2n) is 4.01. The van der Waals surface area contributed by atoms with Gasteiger partial charge in [0.1, 0.15) is 0 Å². The van der Waals surface area contributed by atoms with Crippen LogP contribution in [0.25, 0.3) is 0 Å². The highest BCUT2D eigenvalue weighted by atomic mass is 35.5. The molecule has 0 aromatic heterocycles. The number of benzene rings is 1. The standard InChI is InChI=1S/C12H17ClN2/c1-14-9-12(15-7-2-8-15)10-3-5-11(13)6-4-10/h3-6,12,14H,2,7-9H2,1H3. The number of halogens is 1. The Kier molecular flexibility index (Phi) is 3.62. The summed E-state index contributed by atoms with van der Waals surface area (Å²) in [5, 5.41) is 4.07. The molecule has 2 nitrogen and oxygen atoms in total. The highest BCUT2D eigenvalue weighted by Crippen LogP contribution is 2.25. The molecule has 1 aliphatic heterocycles. The maximum Gasteiger partial charge on any atom is 0.0472 e. The molecule has 0 radical (unpaired) electrons. The Labute approximate surface area is 96.2 Å². The van der Waals surface area contributed by atoms with Crippen molar-refractivity contribution in [2.24, 2.45) is 0 Å². The summed E-state index contributed by atoms with van der Waals surface area (Å²) in [5.41, 5.74) is 1.36. The molecular weight excluding hydrogens is 208 g/mol. The molecule has 1 aromatic rings. The summed E-state index contributed by atoms with van der Waals surface area (Å²) >= 11 is 5.89. The molecule has 82 valence electrons. The molecule has 1 saturated heterocycles. The van der Waals surface area contributed by atoms with Crippen LogP contribution in [0.4, 0.5) is 0 Å². The zero-order chi connectivity index (χ0) is 10.7.